The Kier molecular flexibility index (Phi) is 5.16. The summed E-state index contributed by atoms with van der Waals surface area (Å²) in [6, 6.07) is 6.13. The zero-order valence-electron chi connectivity index (χ0n) is 13.6. The number of halogens is 1. The molecule has 1 amide bonds. The summed E-state index contributed by atoms with van der Waals surface area (Å²) in [6.45, 7) is 7.34. The summed E-state index contributed by atoms with van der Waals surface area (Å²) in [7, 11) is 0. The van der Waals surface area contributed by atoms with Crippen molar-refractivity contribution in [3.8, 4) is 0 Å². The van der Waals surface area contributed by atoms with Crippen LogP contribution in [0.25, 0.3) is 0 Å². The van der Waals surface area contributed by atoms with Crippen LogP contribution < -0.4 is 9.80 Å². The number of carbonyl (C=O) groups is 1. The molecule has 6 heteroatoms. The minimum atomic E-state index is -0.217. The number of benzene rings is 1. The third kappa shape index (κ3) is 3.50. The summed E-state index contributed by atoms with van der Waals surface area (Å²) in [4.78, 5) is 18.3. The second-order valence-electron chi connectivity index (χ2n) is 5.97. The van der Waals surface area contributed by atoms with E-state index < -0.39 is 0 Å². The highest BCUT2D eigenvalue weighted by atomic mass is 35.5. The first-order valence-electron chi connectivity index (χ1n) is 8.41. The number of hydrogen-bond acceptors (Lipinski definition) is 4. The number of rotatable bonds is 3. The predicted octanol–water partition coefficient (Wildman–Crippen LogP) is 3.22. The molecule has 0 unspecified atom stereocenters. The predicted molar refractivity (Wildman–Crippen MR) is 93.7 cm³/mol. The lowest BCUT2D eigenvalue weighted by Crippen LogP contribution is -2.49. The highest BCUT2D eigenvalue weighted by Gasteiger charge is 2.26. The molecule has 0 spiro atoms. The Morgan fingerprint density at radius 3 is 2.43 bits per heavy atom. The van der Waals surface area contributed by atoms with Crippen LogP contribution in [0.3, 0.4) is 0 Å². The molecule has 0 radical (unpaired) electrons. The number of ether oxygens (including phenoxy) is 1. The van der Waals surface area contributed by atoms with Crippen LogP contribution in [0.2, 0.25) is 5.02 Å². The van der Waals surface area contributed by atoms with Gasteiger partial charge in [0.1, 0.15) is 0 Å². The molecule has 1 aromatic carbocycles. The number of hydrogen-bond donors (Lipinski definition) is 0. The van der Waals surface area contributed by atoms with Crippen molar-refractivity contribution in [2.24, 2.45) is 0 Å². The first-order valence-corrected chi connectivity index (χ1v) is 8.78. The van der Waals surface area contributed by atoms with Gasteiger partial charge in [-0.25, -0.2) is 4.79 Å². The van der Waals surface area contributed by atoms with E-state index in [1.807, 2.05) is 19.1 Å². The molecule has 5 nitrogen and oxygen atoms in total. The Balaban J connectivity index is 1.74. The number of piperazine rings is 1. The number of amides is 1. The van der Waals surface area contributed by atoms with Crippen molar-refractivity contribution in [1.82, 2.24) is 4.90 Å². The Labute approximate surface area is 142 Å². The summed E-state index contributed by atoms with van der Waals surface area (Å²) in [5.41, 5.74) is 2.33. The van der Waals surface area contributed by atoms with Crippen molar-refractivity contribution >= 4 is 29.1 Å². The van der Waals surface area contributed by atoms with Crippen LogP contribution in [0.15, 0.2) is 18.2 Å². The number of para-hydroxylation sites is 1. The zero-order valence-corrected chi connectivity index (χ0v) is 14.4. The van der Waals surface area contributed by atoms with E-state index >= 15 is 0 Å². The van der Waals surface area contributed by atoms with Crippen LogP contribution in [-0.2, 0) is 4.74 Å². The average Bonchev–Trinajstić information content (AvgIpc) is 3.09. The fraction of sp³-hybridized carbons (Fsp3) is 0.588. The summed E-state index contributed by atoms with van der Waals surface area (Å²) in [5.74, 6) is 0. The smallest absolute Gasteiger partial charge is 0.409 e. The summed E-state index contributed by atoms with van der Waals surface area (Å²) in [6.07, 6.45) is 2.26. The molecule has 2 aliphatic rings. The molecule has 0 aliphatic carbocycles. The number of carbonyl (C=O) groups excluding carboxylic acids is 1. The van der Waals surface area contributed by atoms with Gasteiger partial charge in [-0.15, -0.1) is 0 Å². The summed E-state index contributed by atoms with van der Waals surface area (Å²) >= 11 is 6.52. The monoisotopic (exact) mass is 337 g/mol. The van der Waals surface area contributed by atoms with Crippen LogP contribution in [0.1, 0.15) is 19.8 Å². The molecule has 0 bridgehead atoms. The van der Waals surface area contributed by atoms with Gasteiger partial charge in [-0.05, 0) is 31.9 Å². The van der Waals surface area contributed by atoms with E-state index in [9.17, 15) is 4.79 Å². The molecule has 1 aromatic rings. The van der Waals surface area contributed by atoms with Crippen molar-refractivity contribution < 1.29 is 9.53 Å². The Morgan fingerprint density at radius 2 is 1.78 bits per heavy atom. The molecule has 2 aliphatic heterocycles. The van der Waals surface area contributed by atoms with E-state index in [-0.39, 0.29) is 6.09 Å². The third-order valence-electron chi connectivity index (χ3n) is 4.53. The topological polar surface area (TPSA) is 36.0 Å². The first-order chi connectivity index (χ1) is 11.2. The van der Waals surface area contributed by atoms with Gasteiger partial charge in [-0.1, -0.05) is 17.7 Å². The van der Waals surface area contributed by atoms with E-state index in [2.05, 4.69) is 15.9 Å². The van der Waals surface area contributed by atoms with Crippen LogP contribution in [0, 0.1) is 0 Å². The molecular formula is C17H24ClN3O2. The molecule has 126 valence electrons. The molecular weight excluding hydrogens is 314 g/mol. The van der Waals surface area contributed by atoms with Crippen LogP contribution in [-0.4, -0.2) is 56.9 Å². The van der Waals surface area contributed by atoms with Gasteiger partial charge in [0, 0.05) is 39.3 Å². The lowest BCUT2D eigenvalue weighted by atomic mass is 10.2. The van der Waals surface area contributed by atoms with Gasteiger partial charge in [-0.3, -0.25) is 0 Å². The van der Waals surface area contributed by atoms with Crippen LogP contribution in [0.5, 0.6) is 0 Å². The SMILES string of the molecule is CCOC(=O)N1CCN(c2c(Cl)cccc2N2CCCC2)CC1. The standard InChI is InChI=1S/C17H24ClN3O2/c1-2-23-17(22)21-12-10-20(11-13-21)16-14(18)6-5-7-15(16)19-8-3-4-9-19/h5-7H,2-4,8-13H2,1H3. The quantitative estimate of drug-likeness (QED) is 0.848. The maximum Gasteiger partial charge on any atom is 0.409 e. The molecule has 23 heavy (non-hydrogen) atoms. The normalized spacial score (nSPS) is 18.4. The fourth-order valence-electron chi connectivity index (χ4n) is 3.36. The zero-order chi connectivity index (χ0) is 16.2. The highest BCUT2D eigenvalue weighted by Crippen LogP contribution is 2.38. The molecule has 0 atom stereocenters. The second-order valence-corrected chi connectivity index (χ2v) is 6.38. The lowest BCUT2D eigenvalue weighted by molar-refractivity contribution is 0.105. The maximum absolute atomic E-state index is 11.8. The van der Waals surface area contributed by atoms with Crippen molar-refractivity contribution in [3.63, 3.8) is 0 Å². The summed E-state index contributed by atoms with van der Waals surface area (Å²) in [5, 5.41) is 0.791. The molecule has 2 fully saturated rings. The van der Waals surface area contributed by atoms with Gasteiger partial charge in [0.2, 0.25) is 0 Å². The van der Waals surface area contributed by atoms with Crippen molar-refractivity contribution in [3.05, 3.63) is 23.2 Å². The van der Waals surface area contributed by atoms with Crippen molar-refractivity contribution in [1.29, 1.82) is 0 Å². The Bertz CT molecular complexity index is 553. The molecule has 2 heterocycles. The minimum Gasteiger partial charge on any atom is -0.450 e. The number of nitrogens with zero attached hydrogens (tertiary/aromatic N) is 3. The van der Waals surface area contributed by atoms with Gasteiger partial charge < -0.3 is 19.4 Å². The Hall–Kier alpha value is -1.62. The lowest BCUT2D eigenvalue weighted by Gasteiger charge is -2.38. The van der Waals surface area contributed by atoms with E-state index in [4.69, 9.17) is 16.3 Å². The van der Waals surface area contributed by atoms with E-state index in [1.54, 1.807) is 4.90 Å². The third-order valence-corrected chi connectivity index (χ3v) is 4.84. The van der Waals surface area contributed by atoms with Gasteiger partial charge in [0.25, 0.3) is 0 Å². The molecule has 3 rings (SSSR count). The Morgan fingerprint density at radius 1 is 1.09 bits per heavy atom. The van der Waals surface area contributed by atoms with Crippen LogP contribution in [0.4, 0.5) is 16.2 Å². The van der Waals surface area contributed by atoms with E-state index in [0.717, 1.165) is 36.9 Å². The van der Waals surface area contributed by atoms with Crippen LogP contribution >= 0.6 is 11.6 Å². The van der Waals surface area contributed by atoms with E-state index in [0.29, 0.717) is 19.7 Å². The molecule has 2 saturated heterocycles. The van der Waals surface area contributed by atoms with Gasteiger partial charge in [0.05, 0.1) is 23.0 Å². The molecule has 0 saturated carbocycles. The van der Waals surface area contributed by atoms with E-state index in [1.165, 1.54) is 18.5 Å². The second kappa shape index (κ2) is 7.30. The molecule has 0 N–H and O–H groups in total. The average molecular weight is 338 g/mol. The largest absolute Gasteiger partial charge is 0.450 e. The molecule has 0 aromatic heterocycles. The van der Waals surface area contributed by atoms with Gasteiger partial charge in [-0.2, -0.15) is 0 Å². The highest BCUT2D eigenvalue weighted by molar-refractivity contribution is 6.34. The van der Waals surface area contributed by atoms with Gasteiger partial charge in [0.15, 0.2) is 0 Å². The maximum atomic E-state index is 11.8. The fourth-order valence-corrected chi connectivity index (χ4v) is 3.65. The van der Waals surface area contributed by atoms with Gasteiger partial charge >= 0.3 is 6.09 Å². The minimum absolute atomic E-state index is 0.217. The van der Waals surface area contributed by atoms with Crippen molar-refractivity contribution in [2.45, 2.75) is 19.8 Å². The van der Waals surface area contributed by atoms with Crippen molar-refractivity contribution in [2.75, 3.05) is 55.7 Å². The first kappa shape index (κ1) is 16.2. The number of anilines is 2. The summed E-state index contributed by atoms with van der Waals surface area (Å²) < 4.78 is 5.09.